The van der Waals surface area contributed by atoms with Crippen molar-refractivity contribution in [1.29, 1.82) is 0 Å². The van der Waals surface area contributed by atoms with Gasteiger partial charge in [0, 0.05) is 0 Å². The average molecular weight is 431 g/mol. The Bertz CT molecular complexity index is 607. The summed E-state index contributed by atoms with van der Waals surface area (Å²) in [7, 11) is 0. The molecule has 148 valence electrons. The standard InChI is InChI=1S/C18H30AsNO6/c1-4-6-7-8-9-10-14-24-17-13-11-12-16(18(17)20-15(3)21)19(22,26-23)25-5-2/h11-13,23H,4-10,14H2,1-3H3,(H,20,21). The Morgan fingerprint density at radius 2 is 1.85 bits per heavy atom. The number of carbonyl (C=O) groups is 1. The fraction of sp³-hybridized carbons (Fsp3) is 0.611. The second-order valence-electron chi connectivity index (χ2n) is 5.94. The van der Waals surface area contributed by atoms with Gasteiger partial charge >= 0.3 is 158 Å². The van der Waals surface area contributed by atoms with Crippen LogP contribution < -0.4 is 14.4 Å². The van der Waals surface area contributed by atoms with Crippen LogP contribution >= 0.6 is 0 Å². The zero-order valence-corrected chi connectivity index (χ0v) is 17.7. The summed E-state index contributed by atoms with van der Waals surface area (Å²) in [5.74, 6) is 0.0306. The molecule has 1 aromatic carbocycles. The third-order valence-electron chi connectivity index (χ3n) is 3.76. The Kier molecular flexibility index (Phi) is 10.7. The van der Waals surface area contributed by atoms with Crippen molar-refractivity contribution in [2.24, 2.45) is 0 Å². The molecule has 0 bridgehead atoms. The maximum atomic E-state index is 12.8. The zero-order valence-electron chi connectivity index (χ0n) is 15.8. The average Bonchev–Trinajstić information content (AvgIpc) is 2.61. The zero-order chi connectivity index (χ0) is 19.4. The predicted octanol–water partition coefficient (Wildman–Crippen LogP) is 3.49. The van der Waals surface area contributed by atoms with Crippen LogP contribution in [-0.2, 0) is 16.1 Å². The molecule has 1 unspecified atom stereocenters. The van der Waals surface area contributed by atoms with Gasteiger partial charge in [0.2, 0.25) is 0 Å². The molecule has 8 heteroatoms. The van der Waals surface area contributed by atoms with Crippen LogP contribution in [-0.4, -0.2) is 38.6 Å². The molecule has 26 heavy (non-hydrogen) atoms. The fourth-order valence-electron chi connectivity index (χ4n) is 2.54. The van der Waals surface area contributed by atoms with Crippen LogP contribution in [0, 0.1) is 0 Å². The van der Waals surface area contributed by atoms with Gasteiger partial charge in [-0.05, 0) is 0 Å². The van der Waals surface area contributed by atoms with Gasteiger partial charge in [-0.3, -0.25) is 0 Å². The molecule has 0 saturated heterocycles. The third-order valence-corrected chi connectivity index (χ3v) is 7.49. The second-order valence-corrected chi connectivity index (χ2v) is 9.93. The number of hydrogen-bond donors (Lipinski definition) is 2. The second kappa shape index (κ2) is 12.2. The molecule has 0 saturated carbocycles. The normalized spacial score (nSPS) is 13.2. The minimum absolute atomic E-state index is 0.0966. The van der Waals surface area contributed by atoms with Crippen molar-refractivity contribution in [2.45, 2.75) is 59.3 Å². The van der Waals surface area contributed by atoms with Gasteiger partial charge in [-0.25, -0.2) is 0 Å². The molecule has 7 nitrogen and oxygen atoms in total. The molecule has 1 atom stereocenters. The maximum absolute atomic E-state index is 12.8. The number of benzene rings is 1. The van der Waals surface area contributed by atoms with Crippen molar-refractivity contribution in [1.82, 2.24) is 0 Å². The molecular weight excluding hydrogens is 401 g/mol. The summed E-state index contributed by atoms with van der Waals surface area (Å²) in [6, 6.07) is 4.80. The SMILES string of the molecule is CCCCCCCCOc1cccc([As](=O)(OO)OCC)c1NC(C)=O. The molecule has 2 N–H and O–H groups in total. The molecule has 0 aliphatic carbocycles. The van der Waals surface area contributed by atoms with E-state index in [1.54, 1.807) is 19.1 Å². The molecule has 1 rings (SSSR count). The van der Waals surface area contributed by atoms with Crippen molar-refractivity contribution in [2.75, 3.05) is 18.5 Å². The van der Waals surface area contributed by atoms with Gasteiger partial charge in [-0.2, -0.15) is 0 Å². The summed E-state index contributed by atoms with van der Waals surface area (Å²) >= 11 is -4.69. The molecule has 0 heterocycles. The molecule has 0 radical (unpaired) electrons. The number of nitrogens with one attached hydrogen (secondary N) is 1. The first-order valence-electron chi connectivity index (χ1n) is 9.10. The topological polar surface area (TPSA) is 94.1 Å². The summed E-state index contributed by atoms with van der Waals surface area (Å²) in [6.07, 6.45) is 6.78. The number of carbonyl (C=O) groups excluding carboxylic acids is 1. The third kappa shape index (κ3) is 7.15. The van der Waals surface area contributed by atoms with E-state index in [1.807, 2.05) is 0 Å². The Hall–Kier alpha value is -1.27. The fourth-order valence-corrected chi connectivity index (χ4v) is 5.32. The Labute approximate surface area is 158 Å². The molecular formula is C18H30AsNO6. The van der Waals surface area contributed by atoms with Gasteiger partial charge in [-0.1, -0.05) is 0 Å². The molecule has 1 aromatic rings. The summed E-state index contributed by atoms with van der Waals surface area (Å²) in [6.45, 7) is 5.74. The van der Waals surface area contributed by atoms with Crippen molar-refractivity contribution in [3.8, 4) is 5.75 Å². The summed E-state index contributed by atoms with van der Waals surface area (Å²) in [5.41, 5.74) is 0.219. The molecule has 0 spiro atoms. The van der Waals surface area contributed by atoms with Crippen LogP contribution in [0.15, 0.2) is 18.2 Å². The Morgan fingerprint density at radius 1 is 1.15 bits per heavy atom. The number of anilines is 1. The monoisotopic (exact) mass is 431 g/mol. The van der Waals surface area contributed by atoms with E-state index in [9.17, 15) is 8.53 Å². The van der Waals surface area contributed by atoms with Crippen LogP contribution in [0.4, 0.5) is 5.69 Å². The van der Waals surface area contributed by atoms with Gasteiger partial charge in [0.05, 0.1) is 0 Å². The van der Waals surface area contributed by atoms with E-state index in [1.165, 1.54) is 32.3 Å². The predicted molar refractivity (Wildman–Crippen MR) is 101 cm³/mol. The van der Waals surface area contributed by atoms with Crippen molar-refractivity contribution in [3.05, 3.63) is 18.2 Å². The van der Waals surface area contributed by atoms with E-state index in [0.29, 0.717) is 12.4 Å². The Morgan fingerprint density at radius 3 is 2.46 bits per heavy atom. The minimum atomic E-state index is -4.69. The quantitative estimate of drug-likeness (QED) is 0.215. The number of ether oxygens (including phenoxy) is 1. The Balaban J connectivity index is 2.89. The number of rotatable bonds is 13. The van der Waals surface area contributed by atoms with Gasteiger partial charge in [0.25, 0.3) is 0 Å². The van der Waals surface area contributed by atoms with Crippen LogP contribution in [0.3, 0.4) is 0 Å². The van der Waals surface area contributed by atoms with Gasteiger partial charge in [0.1, 0.15) is 0 Å². The van der Waals surface area contributed by atoms with Crippen molar-refractivity contribution in [3.63, 3.8) is 0 Å². The first-order valence-corrected chi connectivity index (χ1v) is 12.3. The summed E-state index contributed by atoms with van der Waals surface area (Å²) in [4.78, 5) is 11.6. The van der Waals surface area contributed by atoms with Gasteiger partial charge in [0.15, 0.2) is 0 Å². The van der Waals surface area contributed by atoms with Crippen molar-refractivity contribution >= 4 is 30.1 Å². The van der Waals surface area contributed by atoms with E-state index < -0.39 is 14.2 Å². The van der Waals surface area contributed by atoms with E-state index >= 15 is 0 Å². The molecule has 1 amide bonds. The molecule has 0 fully saturated rings. The summed E-state index contributed by atoms with van der Waals surface area (Å²) < 4.78 is 28.0. The first kappa shape index (κ1) is 22.8. The van der Waals surface area contributed by atoms with Crippen molar-refractivity contribution < 1.29 is 26.1 Å². The molecule has 0 aliphatic heterocycles. The summed E-state index contributed by atoms with van der Waals surface area (Å²) in [5, 5.41) is 11.7. The molecule has 0 aliphatic rings. The van der Waals surface area contributed by atoms with Gasteiger partial charge < -0.3 is 0 Å². The number of hydrogen-bond acceptors (Lipinski definition) is 6. The van der Waals surface area contributed by atoms with E-state index in [4.69, 9.17) is 13.7 Å². The van der Waals surface area contributed by atoms with Crippen LogP contribution in [0.5, 0.6) is 5.75 Å². The van der Waals surface area contributed by atoms with E-state index in [0.717, 1.165) is 19.3 Å². The first-order chi connectivity index (χ1) is 12.5. The van der Waals surface area contributed by atoms with E-state index in [-0.39, 0.29) is 22.6 Å². The number of amides is 1. The number of para-hydroxylation sites is 1. The van der Waals surface area contributed by atoms with Crippen LogP contribution in [0.25, 0.3) is 0 Å². The van der Waals surface area contributed by atoms with Crippen LogP contribution in [0.1, 0.15) is 59.3 Å². The molecule has 0 aromatic heterocycles. The van der Waals surface area contributed by atoms with E-state index in [2.05, 4.69) is 16.1 Å². The van der Waals surface area contributed by atoms with Gasteiger partial charge in [-0.15, -0.1) is 0 Å². The van der Waals surface area contributed by atoms with Crippen LogP contribution in [0.2, 0.25) is 0 Å². The number of unbranched alkanes of at least 4 members (excludes halogenated alkanes) is 5.